The molecule has 1 aliphatic heterocycles. The fourth-order valence-corrected chi connectivity index (χ4v) is 4.41. The number of rotatable bonds is 7. The summed E-state index contributed by atoms with van der Waals surface area (Å²) in [6, 6.07) is 13.4. The van der Waals surface area contributed by atoms with Gasteiger partial charge in [0.2, 0.25) is 17.5 Å². The van der Waals surface area contributed by atoms with Crippen LogP contribution in [0.3, 0.4) is 0 Å². The number of carbonyl (C=O) groups is 1. The lowest BCUT2D eigenvalue weighted by Gasteiger charge is -2.39. The third-order valence-electron chi connectivity index (χ3n) is 6.64. The molecule has 1 aliphatic rings. The molecule has 13 nitrogen and oxygen atoms in total. The van der Waals surface area contributed by atoms with Gasteiger partial charge < -0.3 is 54.4 Å². The van der Waals surface area contributed by atoms with Crippen molar-refractivity contribution in [3.63, 3.8) is 0 Å². The lowest BCUT2D eigenvalue weighted by molar-refractivity contribution is -0.278. The maximum absolute atomic E-state index is 13.5. The van der Waals surface area contributed by atoms with E-state index in [-0.39, 0.29) is 33.8 Å². The van der Waals surface area contributed by atoms with E-state index in [2.05, 4.69) is 0 Å². The maximum Gasteiger partial charge on any atom is 0.330 e. The standard InChI is InChI=1S/C30H26O13/c31-16-6-1-14(2-7-16)3-10-22(35)40-13-21-24(36)26(38)27(39)30(42-21)43-29-25(37)23-19(34)11-18(33)12-20(23)41-28(29)15-4-8-17(32)9-5-15/h1-12,21,24,26-27,30-34,36,38-39H,13H2/b10-3+/t21-,24-,26+,27+,30+/m0/s1. The van der Waals surface area contributed by atoms with Gasteiger partial charge in [0.25, 0.3) is 0 Å². The monoisotopic (exact) mass is 594 g/mol. The van der Waals surface area contributed by atoms with Gasteiger partial charge in [-0.3, -0.25) is 4.79 Å². The molecule has 0 radical (unpaired) electrons. The van der Waals surface area contributed by atoms with E-state index in [0.717, 1.165) is 18.2 Å². The van der Waals surface area contributed by atoms with E-state index in [1.54, 1.807) is 12.1 Å². The van der Waals surface area contributed by atoms with Crippen molar-refractivity contribution in [2.24, 2.45) is 0 Å². The highest BCUT2D eigenvalue weighted by molar-refractivity contribution is 5.88. The number of phenols is 4. The number of phenolic OH excluding ortho intramolecular Hbond substituents is 4. The van der Waals surface area contributed by atoms with Gasteiger partial charge in [-0.1, -0.05) is 12.1 Å². The summed E-state index contributed by atoms with van der Waals surface area (Å²) in [4.78, 5) is 25.8. The minimum atomic E-state index is -1.90. The molecule has 5 rings (SSSR count). The first-order valence-corrected chi connectivity index (χ1v) is 12.8. The van der Waals surface area contributed by atoms with E-state index in [1.807, 2.05) is 0 Å². The summed E-state index contributed by atoms with van der Waals surface area (Å²) < 4.78 is 22.2. The van der Waals surface area contributed by atoms with Crippen molar-refractivity contribution < 1.29 is 59.2 Å². The normalized spacial score (nSPS) is 22.1. The van der Waals surface area contributed by atoms with Crippen LogP contribution in [0.15, 0.2) is 76.0 Å². The summed E-state index contributed by atoms with van der Waals surface area (Å²) in [5.41, 5.74) is -0.328. The van der Waals surface area contributed by atoms with Crippen molar-refractivity contribution in [3.05, 3.63) is 82.5 Å². The van der Waals surface area contributed by atoms with Gasteiger partial charge in [-0.05, 0) is 48.0 Å². The Labute approximate surface area is 242 Å². The van der Waals surface area contributed by atoms with Crippen LogP contribution in [-0.2, 0) is 14.3 Å². The first-order chi connectivity index (χ1) is 20.5. The Bertz CT molecular complexity index is 1710. The number of hydrogen-bond acceptors (Lipinski definition) is 13. The minimum Gasteiger partial charge on any atom is -0.508 e. The van der Waals surface area contributed by atoms with Gasteiger partial charge in [0.1, 0.15) is 65.0 Å². The van der Waals surface area contributed by atoms with Crippen molar-refractivity contribution in [1.29, 1.82) is 0 Å². The average Bonchev–Trinajstić information content (AvgIpc) is 2.97. The predicted octanol–water partition coefficient (Wildman–Crippen LogP) is 1.73. The summed E-state index contributed by atoms with van der Waals surface area (Å²) in [6.07, 6.45) is -6.17. The van der Waals surface area contributed by atoms with E-state index in [9.17, 15) is 45.3 Å². The van der Waals surface area contributed by atoms with Crippen LogP contribution in [0.25, 0.3) is 28.4 Å². The largest absolute Gasteiger partial charge is 0.508 e. The Morgan fingerprint density at radius 3 is 2.16 bits per heavy atom. The second-order valence-corrected chi connectivity index (χ2v) is 9.66. The number of carbonyl (C=O) groups excluding carboxylic acids is 1. The van der Waals surface area contributed by atoms with Crippen LogP contribution >= 0.6 is 0 Å². The molecule has 4 aromatic rings. The van der Waals surface area contributed by atoms with Crippen LogP contribution in [0, 0.1) is 0 Å². The van der Waals surface area contributed by atoms with Crippen molar-refractivity contribution in [2.45, 2.75) is 30.7 Å². The Morgan fingerprint density at radius 2 is 1.49 bits per heavy atom. The number of fused-ring (bicyclic) bond motifs is 1. The first kappa shape index (κ1) is 29.4. The minimum absolute atomic E-state index is 0.0495. The SMILES string of the molecule is O=C(/C=C/c1ccc(O)cc1)OC[C@@H]1O[C@H](Oc2c(-c3ccc(O)cc3)oc3cc(O)cc(O)c3c2=O)[C@H](O)[C@H](O)[C@H]1O. The molecule has 1 saturated heterocycles. The number of ether oxygens (including phenoxy) is 3. The molecule has 224 valence electrons. The number of hydrogen-bond donors (Lipinski definition) is 7. The van der Waals surface area contributed by atoms with Gasteiger partial charge in [0.05, 0.1) is 0 Å². The highest BCUT2D eigenvalue weighted by atomic mass is 16.7. The molecule has 0 unspecified atom stereocenters. The molecule has 0 saturated carbocycles. The van der Waals surface area contributed by atoms with Crippen LogP contribution in [0.1, 0.15) is 5.56 Å². The van der Waals surface area contributed by atoms with Gasteiger partial charge in [-0.25, -0.2) is 4.79 Å². The Kier molecular flexibility index (Phi) is 8.23. The lowest BCUT2D eigenvalue weighted by atomic mass is 9.99. The van der Waals surface area contributed by atoms with E-state index in [1.165, 1.54) is 42.5 Å². The third-order valence-corrected chi connectivity index (χ3v) is 6.64. The van der Waals surface area contributed by atoms with Gasteiger partial charge in [0.15, 0.2) is 5.76 Å². The Morgan fingerprint density at radius 1 is 0.837 bits per heavy atom. The Hall–Kier alpha value is -5.08. The van der Waals surface area contributed by atoms with Crippen molar-refractivity contribution in [2.75, 3.05) is 6.61 Å². The number of aromatic hydroxyl groups is 4. The molecule has 0 amide bonds. The van der Waals surface area contributed by atoms with Crippen LogP contribution in [0.4, 0.5) is 0 Å². The molecule has 1 aromatic heterocycles. The zero-order valence-corrected chi connectivity index (χ0v) is 22.1. The molecule has 3 aromatic carbocycles. The van der Waals surface area contributed by atoms with Crippen molar-refractivity contribution in [1.82, 2.24) is 0 Å². The van der Waals surface area contributed by atoms with Crippen LogP contribution < -0.4 is 10.2 Å². The van der Waals surface area contributed by atoms with Crippen LogP contribution in [0.5, 0.6) is 28.7 Å². The average molecular weight is 595 g/mol. The molecule has 0 spiro atoms. The summed E-state index contributed by atoms with van der Waals surface area (Å²) in [5, 5.41) is 70.6. The Balaban J connectivity index is 1.42. The fourth-order valence-electron chi connectivity index (χ4n) is 4.41. The third kappa shape index (κ3) is 6.24. The number of aliphatic hydroxyl groups excluding tert-OH is 3. The second-order valence-electron chi connectivity index (χ2n) is 9.66. The van der Waals surface area contributed by atoms with E-state index < -0.39 is 66.0 Å². The molecule has 43 heavy (non-hydrogen) atoms. The summed E-state index contributed by atoms with van der Waals surface area (Å²) >= 11 is 0. The molecule has 2 heterocycles. The van der Waals surface area contributed by atoms with Crippen molar-refractivity contribution >= 4 is 23.0 Å². The maximum atomic E-state index is 13.5. The zero-order valence-electron chi connectivity index (χ0n) is 22.1. The van der Waals surface area contributed by atoms with Gasteiger partial charge in [-0.15, -0.1) is 0 Å². The predicted molar refractivity (Wildman–Crippen MR) is 148 cm³/mol. The first-order valence-electron chi connectivity index (χ1n) is 12.8. The second kappa shape index (κ2) is 12.0. The number of benzene rings is 3. The van der Waals surface area contributed by atoms with Gasteiger partial charge >= 0.3 is 5.97 Å². The summed E-state index contributed by atoms with van der Waals surface area (Å²) in [6.45, 7) is -0.583. The number of aliphatic hydroxyl groups is 3. The number of esters is 1. The molecule has 5 atom stereocenters. The molecule has 7 N–H and O–H groups in total. The fraction of sp³-hybridized carbons (Fsp3) is 0.200. The molecular weight excluding hydrogens is 568 g/mol. The molecule has 13 heteroatoms. The smallest absolute Gasteiger partial charge is 0.330 e. The molecule has 0 bridgehead atoms. The van der Waals surface area contributed by atoms with E-state index in [4.69, 9.17) is 18.6 Å². The lowest BCUT2D eigenvalue weighted by Crippen LogP contribution is -2.60. The summed E-state index contributed by atoms with van der Waals surface area (Å²) in [7, 11) is 0. The molecular formula is C30H26O13. The quantitative estimate of drug-likeness (QED) is 0.120. The summed E-state index contributed by atoms with van der Waals surface area (Å²) in [5.74, 6) is -2.70. The van der Waals surface area contributed by atoms with Gasteiger partial charge in [0, 0.05) is 23.8 Å². The molecule has 1 fully saturated rings. The van der Waals surface area contributed by atoms with Gasteiger partial charge in [-0.2, -0.15) is 0 Å². The van der Waals surface area contributed by atoms with E-state index >= 15 is 0 Å². The van der Waals surface area contributed by atoms with Crippen LogP contribution in [-0.4, -0.2) is 79.0 Å². The van der Waals surface area contributed by atoms with E-state index in [0.29, 0.717) is 5.56 Å². The van der Waals surface area contributed by atoms with Crippen molar-refractivity contribution in [3.8, 4) is 40.1 Å². The highest BCUT2D eigenvalue weighted by Crippen LogP contribution is 2.37. The topological polar surface area (TPSA) is 217 Å². The molecule has 0 aliphatic carbocycles. The highest BCUT2D eigenvalue weighted by Gasteiger charge is 2.46. The van der Waals surface area contributed by atoms with Crippen LogP contribution in [0.2, 0.25) is 0 Å². The zero-order chi connectivity index (χ0) is 30.8.